The minimum absolute atomic E-state index is 0.229. The molecule has 1 aliphatic heterocycles. The third-order valence-corrected chi connectivity index (χ3v) is 6.58. The Bertz CT molecular complexity index is 503. The standard InChI is InChI=1S/C13H20N2O2S2/c16-19(17,14-7-2-1-3-8-14)15(13-4-5-13)10-12-6-9-18-11-12/h6,9,11,13H,1-5,7-8,10H2. The molecule has 106 valence electrons. The fraction of sp³-hybridized carbons (Fsp3) is 0.692. The molecule has 2 fully saturated rings. The van der Waals surface area contributed by atoms with Crippen molar-refractivity contribution in [2.45, 2.75) is 44.7 Å². The maximum Gasteiger partial charge on any atom is 0.282 e. The van der Waals surface area contributed by atoms with Gasteiger partial charge in [-0.1, -0.05) is 6.42 Å². The molecule has 0 aromatic carbocycles. The SMILES string of the molecule is O=S(=O)(N1CCCCC1)N(Cc1ccsc1)C1CC1. The van der Waals surface area contributed by atoms with Crippen LogP contribution in [0.3, 0.4) is 0 Å². The van der Waals surface area contributed by atoms with Crippen LogP contribution in [0.2, 0.25) is 0 Å². The van der Waals surface area contributed by atoms with Crippen molar-refractivity contribution in [2.24, 2.45) is 0 Å². The molecule has 1 saturated heterocycles. The van der Waals surface area contributed by atoms with Crippen LogP contribution in [0.1, 0.15) is 37.7 Å². The average Bonchev–Trinajstić information content (AvgIpc) is 3.13. The molecule has 0 radical (unpaired) electrons. The summed E-state index contributed by atoms with van der Waals surface area (Å²) >= 11 is 1.62. The number of thiophene rings is 1. The van der Waals surface area contributed by atoms with Crippen molar-refractivity contribution in [2.75, 3.05) is 13.1 Å². The highest BCUT2D eigenvalue weighted by Crippen LogP contribution is 2.33. The molecule has 0 bridgehead atoms. The van der Waals surface area contributed by atoms with Gasteiger partial charge in [-0.15, -0.1) is 0 Å². The number of piperidine rings is 1. The zero-order valence-corrected chi connectivity index (χ0v) is 12.6. The van der Waals surface area contributed by atoms with E-state index in [1.807, 2.05) is 16.8 Å². The fourth-order valence-corrected chi connectivity index (χ4v) is 5.14. The first-order valence-electron chi connectivity index (χ1n) is 6.96. The first-order valence-corrected chi connectivity index (χ1v) is 9.30. The second kappa shape index (κ2) is 5.52. The summed E-state index contributed by atoms with van der Waals surface area (Å²) in [6.45, 7) is 1.91. The van der Waals surface area contributed by atoms with Gasteiger partial charge < -0.3 is 0 Å². The van der Waals surface area contributed by atoms with Gasteiger partial charge >= 0.3 is 0 Å². The number of hydrogen-bond donors (Lipinski definition) is 0. The van der Waals surface area contributed by atoms with E-state index in [0.29, 0.717) is 19.6 Å². The van der Waals surface area contributed by atoms with Crippen molar-refractivity contribution in [1.82, 2.24) is 8.61 Å². The Hall–Kier alpha value is -0.430. The van der Waals surface area contributed by atoms with Crippen LogP contribution in [0, 0.1) is 0 Å². The summed E-state index contributed by atoms with van der Waals surface area (Å²) in [7, 11) is -3.27. The molecular formula is C13H20N2O2S2. The van der Waals surface area contributed by atoms with Gasteiger partial charge in [-0.3, -0.25) is 0 Å². The molecule has 19 heavy (non-hydrogen) atoms. The third kappa shape index (κ3) is 3.02. The monoisotopic (exact) mass is 300 g/mol. The highest BCUT2D eigenvalue weighted by atomic mass is 32.2. The van der Waals surface area contributed by atoms with E-state index in [9.17, 15) is 8.42 Å². The van der Waals surface area contributed by atoms with Crippen LogP contribution in [-0.4, -0.2) is 36.2 Å². The molecular weight excluding hydrogens is 280 g/mol. The third-order valence-electron chi connectivity index (χ3n) is 3.81. The molecule has 1 aromatic rings. The predicted molar refractivity (Wildman–Crippen MR) is 77.2 cm³/mol. The van der Waals surface area contributed by atoms with E-state index in [-0.39, 0.29) is 6.04 Å². The van der Waals surface area contributed by atoms with E-state index < -0.39 is 10.2 Å². The lowest BCUT2D eigenvalue weighted by atomic mass is 10.2. The number of rotatable bonds is 5. The van der Waals surface area contributed by atoms with E-state index in [2.05, 4.69) is 0 Å². The van der Waals surface area contributed by atoms with Gasteiger partial charge in [-0.25, -0.2) is 0 Å². The van der Waals surface area contributed by atoms with Crippen LogP contribution in [0.4, 0.5) is 0 Å². The maximum atomic E-state index is 12.7. The van der Waals surface area contributed by atoms with Crippen LogP contribution in [0.5, 0.6) is 0 Å². The molecule has 1 aromatic heterocycles. The van der Waals surface area contributed by atoms with E-state index >= 15 is 0 Å². The molecule has 0 atom stereocenters. The fourth-order valence-electron chi connectivity index (χ4n) is 2.57. The Labute approximate surface area is 119 Å². The van der Waals surface area contributed by atoms with Gasteiger partial charge in [-0.05, 0) is 48.1 Å². The van der Waals surface area contributed by atoms with Gasteiger partial charge in [-0.2, -0.15) is 28.4 Å². The zero-order chi connectivity index (χ0) is 13.3. The minimum atomic E-state index is -3.27. The Morgan fingerprint density at radius 1 is 1.26 bits per heavy atom. The van der Waals surface area contributed by atoms with E-state index in [1.165, 1.54) is 0 Å². The molecule has 3 rings (SSSR count). The Kier molecular flexibility index (Phi) is 3.93. The van der Waals surface area contributed by atoms with Gasteiger partial charge in [0.05, 0.1) is 0 Å². The van der Waals surface area contributed by atoms with Gasteiger partial charge in [0.25, 0.3) is 10.2 Å². The lowest BCUT2D eigenvalue weighted by molar-refractivity contribution is 0.296. The molecule has 2 aliphatic rings. The minimum Gasteiger partial charge on any atom is -0.195 e. The molecule has 1 saturated carbocycles. The van der Waals surface area contributed by atoms with E-state index in [4.69, 9.17) is 0 Å². The summed E-state index contributed by atoms with van der Waals surface area (Å²) in [6.07, 6.45) is 5.17. The Morgan fingerprint density at radius 3 is 2.58 bits per heavy atom. The predicted octanol–water partition coefficient (Wildman–Crippen LogP) is 2.44. The molecule has 0 unspecified atom stereocenters. The summed E-state index contributed by atoms with van der Waals surface area (Å²) in [4.78, 5) is 0. The second-order valence-corrected chi connectivity index (χ2v) is 8.04. The lowest BCUT2D eigenvalue weighted by Crippen LogP contribution is -2.46. The van der Waals surface area contributed by atoms with Crippen molar-refractivity contribution in [1.29, 1.82) is 0 Å². The largest absolute Gasteiger partial charge is 0.282 e. The molecule has 6 heteroatoms. The maximum absolute atomic E-state index is 12.7. The first-order chi connectivity index (χ1) is 9.18. The van der Waals surface area contributed by atoms with Gasteiger partial charge in [0.2, 0.25) is 0 Å². The smallest absolute Gasteiger partial charge is 0.195 e. The van der Waals surface area contributed by atoms with Crippen LogP contribution in [-0.2, 0) is 16.8 Å². The van der Waals surface area contributed by atoms with Gasteiger partial charge in [0.15, 0.2) is 0 Å². The van der Waals surface area contributed by atoms with Crippen LogP contribution in [0.15, 0.2) is 16.8 Å². The molecule has 4 nitrogen and oxygen atoms in total. The van der Waals surface area contributed by atoms with E-state index in [1.54, 1.807) is 19.9 Å². The van der Waals surface area contributed by atoms with Crippen molar-refractivity contribution in [3.63, 3.8) is 0 Å². The molecule has 0 spiro atoms. The Morgan fingerprint density at radius 2 is 2.00 bits per heavy atom. The average molecular weight is 300 g/mol. The van der Waals surface area contributed by atoms with Crippen molar-refractivity contribution in [3.8, 4) is 0 Å². The van der Waals surface area contributed by atoms with Crippen LogP contribution >= 0.6 is 11.3 Å². The highest BCUT2D eigenvalue weighted by Gasteiger charge is 2.40. The van der Waals surface area contributed by atoms with Gasteiger partial charge in [0.1, 0.15) is 0 Å². The first kappa shape index (κ1) is 13.5. The van der Waals surface area contributed by atoms with Crippen molar-refractivity contribution < 1.29 is 8.42 Å². The number of nitrogens with zero attached hydrogens (tertiary/aromatic N) is 2. The summed E-state index contributed by atoms with van der Waals surface area (Å²) in [5.41, 5.74) is 1.11. The lowest BCUT2D eigenvalue weighted by Gasteiger charge is -2.32. The summed E-state index contributed by atoms with van der Waals surface area (Å²) < 4.78 is 28.9. The van der Waals surface area contributed by atoms with E-state index in [0.717, 1.165) is 37.7 Å². The second-order valence-electron chi connectivity index (χ2n) is 5.38. The van der Waals surface area contributed by atoms with Crippen molar-refractivity contribution >= 4 is 21.5 Å². The van der Waals surface area contributed by atoms with Crippen LogP contribution in [0.25, 0.3) is 0 Å². The zero-order valence-electron chi connectivity index (χ0n) is 11.0. The quantitative estimate of drug-likeness (QED) is 0.838. The normalized spacial score (nSPS) is 21.9. The molecule has 2 heterocycles. The highest BCUT2D eigenvalue weighted by molar-refractivity contribution is 7.86. The molecule has 1 aliphatic carbocycles. The van der Waals surface area contributed by atoms with Crippen LogP contribution < -0.4 is 0 Å². The summed E-state index contributed by atoms with van der Waals surface area (Å²) in [5.74, 6) is 0. The van der Waals surface area contributed by atoms with Crippen molar-refractivity contribution in [3.05, 3.63) is 22.4 Å². The molecule has 0 amide bonds. The summed E-state index contributed by atoms with van der Waals surface area (Å²) in [5, 5.41) is 4.05. The Balaban J connectivity index is 1.78. The number of hydrogen-bond acceptors (Lipinski definition) is 3. The topological polar surface area (TPSA) is 40.6 Å². The van der Waals surface area contributed by atoms with Gasteiger partial charge in [0, 0.05) is 25.7 Å². The summed E-state index contributed by atoms with van der Waals surface area (Å²) in [6, 6.07) is 2.25. The molecule has 0 N–H and O–H groups in total.